The van der Waals surface area contributed by atoms with Gasteiger partial charge in [-0.3, -0.25) is 4.79 Å². The second kappa shape index (κ2) is 12.7. The first-order chi connectivity index (χ1) is 18.5. The molecule has 0 bridgehead atoms. The standard InChI is InChI=1S/C35H50O3Si/c1-8-9-11-18-28(37-24-26-16-12-10-13-17-26)20-21-30-32(36)23-27-22-31-25(2)15-14-19-29(31)34(33(27)30)38-39(6,7)35(3,4)5/h10,12-17,19,27-28,34H,8-9,11,18,20-24H2,1-7H3/t27-,28-,34+/m0/s1. The molecule has 2 aromatic carbocycles. The normalized spacial score (nSPS) is 20.2. The minimum Gasteiger partial charge on any atom is -0.406 e. The Morgan fingerprint density at radius 2 is 1.72 bits per heavy atom. The Kier molecular flexibility index (Phi) is 9.72. The molecule has 0 saturated heterocycles. The van der Waals surface area contributed by atoms with Crippen LogP contribution >= 0.6 is 0 Å². The highest BCUT2D eigenvalue weighted by Gasteiger charge is 2.46. The Morgan fingerprint density at radius 3 is 2.41 bits per heavy atom. The zero-order valence-corrected chi connectivity index (χ0v) is 26.4. The van der Waals surface area contributed by atoms with Gasteiger partial charge in [0.1, 0.15) is 0 Å². The Morgan fingerprint density at radius 1 is 0.974 bits per heavy atom. The van der Waals surface area contributed by atoms with Crippen molar-refractivity contribution < 1.29 is 14.0 Å². The average Bonchev–Trinajstić information content (AvgIpc) is 3.20. The molecule has 4 rings (SSSR count). The summed E-state index contributed by atoms with van der Waals surface area (Å²) in [7, 11) is -2.08. The van der Waals surface area contributed by atoms with Gasteiger partial charge in [0.25, 0.3) is 0 Å². The second-order valence-electron chi connectivity index (χ2n) is 13.3. The summed E-state index contributed by atoms with van der Waals surface area (Å²) >= 11 is 0. The first kappa shape index (κ1) is 30.0. The van der Waals surface area contributed by atoms with E-state index in [1.807, 2.05) is 6.07 Å². The molecule has 0 fully saturated rings. The maximum Gasteiger partial charge on any atom is 0.193 e. The summed E-state index contributed by atoms with van der Waals surface area (Å²) in [6.45, 7) is 16.7. The van der Waals surface area contributed by atoms with E-state index in [1.165, 1.54) is 47.1 Å². The summed E-state index contributed by atoms with van der Waals surface area (Å²) < 4.78 is 13.7. The third-order valence-corrected chi connectivity index (χ3v) is 13.8. The van der Waals surface area contributed by atoms with Gasteiger partial charge < -0.3 is 9.16 Å². The highest BCUT2D eigenvalue weighted by atomic mass is 28.4. The van der Waals surface area contributed by atoms with Crippen LogP contribution in [-0.2, 0) is 27.0 Å². The first-order valence-corrected chi connectivity index (χ1v) is 18.1. The molecule has 2 aliphatic carbocycles. The van der Waals surface area contributed by atoms with Crippen molar-refractivity contribution in [3.05, 3.63) is 81.9 Å². The van der Waals surface area contributed by atoms with Crippen LogP contribution in [0.15, 0.2) is 59.7 Å². The molecule has 0 radical (unpaired) electrons. The third-order valence-electron chi connectivity index (χ3n) is 9.41. The van der Waals surface area contributed by atoms with Crippen LogP contribution in [0.25, 0.3) is 0 Å². The number of hydrogen-bond donors (Lipinski definition) is 0. The lowest BCUT2D eigenvalue weighted by atomic mass is 9.77. The van der Waals surface area contributed by atoms with E-state index in [1.54, 1.807) is 0 Å². The number of unbranched alkanes of at least 4 members (excludes halogenated alkanes) is 2. The molecule has 2 aromatic rings. The van der Waals surface area contributed by atoms with E-state index < -0.39 is 8.32 Å². The molecule has 0 unspecified atom stereocenters. The van der Waals surface area contributed by atoms with Crippen molar-refractivity contribution in [2.45, 2.75) is 123 Å². The summed E-state index contributed by atoms with van der Waals surface area (Å²) in [5.41, 5.74) is 7.55. The van der Waals surface area contributed by atoms with E-state index in [4.69, 9.17) is 9.16 Å². The van der Waals surface area contributed by atoms with Gasteiger partial charge in [-0.15, -0.1) is 0 Å². The van der Waals surface area contributed by atoms with Gasteiger partial charge in [-0.05, 0) is 90.1 Å². The molecule has 3 nitrogen and oxygen atoms in total. The van der Waals surface area contributed by atoms with Crippen LogP contribution < -0.4 is 0 Å². The number of allylic oxidation sites excluding steroid dienone is 1. The van der Waals surface area contributed by atoms with Crippen LogP contribution in [0.4, 0.5) is 0 Å². The zero-order valence-electron chi connectivity index (χ0n) is 25.4. The van der Waals surface area contributed by atoms with Crippen LogP contribution in [0.1, 0.15) is 101 Å². The van der Waals surface area contributed by atoms with Crippen molar-refractivity contribution in [1.29, 1.82) is 0 Å². The van der Waals surface area contributed by atoms with E-state index in [2.05, 4.69) is 90.2 Å². The fourth-order valence-corrected chi connectivity index (χ4v) is 7.19. The molecule has 0 heterocycles. The fourth-order valence-electron chi connectivity index (χ4n) is 5.99. The molecule has 212 valence electrons. The van der Waals surface area contributed by atoms with Crippen LogP contribution in [0, 0.1) is 12.8 Å². The number of ketones is 1. The predicted molar refractivity (Wildman–Crippen MR) is 164 cm³/mol. The van der Waals surface area contributed by atoms with Crippen LogP contribution in [-0.4, -0.2) is 20.2 Å². The number of carbonyl (C=O) groups is 1. The molecule has 4 heteroatoms. The number of Topliss-reactive ketones (excluding diaryl/α,β-unsaturated/α-hetero) is 1. The number of rotatable bonds is 12. The van der Waals surface area contributed by atoms with Crippen molar-refractivity contribution in [1.82, 2.24) is 0 Å². The summed E-state index contributed by atoms with van der Waals surface area (Å²) in [6, 6.07) is 17.1. The zero-order chi connectivity index (χ0) is 28.2. The van der Waals surface area contributed by atoms with Gasteiger partial charge in [0.05, 0.1) is 18.8 Å². The molecule has 2 aliphatic rings. The van der Waals surface area contributed by atoms with Gasteiger partial charge in [0.2, 0.25) is 0 Å². The molecule has 0 saturated carbocycles. The lowest BCUT2D eigenvalue weighted by Crippen LogP contribution is -2.43. The van der Waals surface area contributed by atoms with Gasteiger partial charge in [0.15, 0.2) is 14.1 Å². The van der Waals surface area contributed by atoms with Gasteiger partial charge in [-0.2, -0.15) is 0 Å². The lowest BCUT2D eigenvalue weighted by molar-refractivity contribution is -0.115. The average molecular weight is 547 g/mol. The van der Waals surface area contributed by atoms with E-state index in [0.29, 0.717) is 18.8 Å². The number of ether oxygens (including phenoxy) is 1. The van der Waals surface area contributed by atoms with E-state index >= 15 is 0 Å². The van der Waals surface area contributed by atoms with Crippen LogP contribution in [0.5, 0.6) is 0 Å². The maximum atomic E-state index is 13.6. The van der Waals surface area contributed by atoms with Crippen LogP contribution in [0.2, 0.25) is 18.1 Å². The molecular weight excluding hydrogens is 496 g/mol. The summed E-state index contributed by atoms with van der Waals surface area (Å²) in [6.07, 6.45) is 7.95. The van der Waals surface area contributed by atoms with E-state index in [0.717, 1.165) is 31.3 Å². The van der Waals surface area contributed by atoms with E-state index in [9.17, 15) is 4.79 Å². The van der Waals surface area contributed by atoms with Gasteiger partial charge in [-0.25, -0.2) is 0 Å². The Balaban J connectivity index is 1.62. The van der Waals surface area contributed by atoms with Crippen molar-refractivity contribution in [2.24, 2.45) is 5.92 Å². The highest BCUT2D eigenvalue weighted by Crippen LogP contribution is 2.51. The number of aryl methyl sites for hydroxylation is 1. The van der Waals surface area contributed by atoms with Gasteiger partial charge in [0, 0.05) is 6.42 Å². The van der Waals surface area contributed by atoms with Crippen molar-refractivity contribution in [2.75, 3.05) is 0 Å². The largest absolute Gasteiger partial charge is 0.406 e. The smallest absolute Gasteiger partial charge is 0.193 e. The second-order valence-corrected chi connectivity index (χ2v) is 18.1. The minimum atomic E-state index is -2.08. The predicted octanol–water partition coefficient (Wildman–Crippen LogP) is 9.45. The van der Waals surface area contributed by atoms with Crippen molar-refractivity contribution in [3.63, 3.8) is 0 Å². The quantitative estimate of drug-likeness (QED) is 0.196. The van der Waals surface area contributed by atoms with Crippen molar-refractivity contribution >= 4 is 14.1 Å². The van der Waals surface area contributed by atoms with Crippen molar-refractivity contribution in [3.8, 4) is 0 Å². The molecule has 0 aromatic heterocycles. The highest BCUT2D eigenvalue weighted by molar-refractivity contribution is 6.74. The number of benzene rings is 2. The maximum absolute atomic E-state index is 13.6. The summed E-state index contributed by atoms with van der Waals surface area (Å²) in [5, 5.41) is 0.100. The molecule has 0 amide bonds. The third kappa shape index (κ3) is 7.01. The molecule has 0 aliphatic heterocycles. The monoisotopic (exact) mass is 546 g/mol. The Labute approximate surface area is 238 Å². The topological polar surface area (TPSA) is 35.5 Å². The molecule has 0 N–H and O–H groups in total. The molecule has 39 heavy (non-hydrogen) atoms. The number of carbonyl (C=O) groups excluding carboxylic acids is 1. The Bertz CT molecular complexity index is 1160. The van der Waals surface area contributed by atoms with Crippen LogP contribution in [0.3, 0.4) is 0 Å². The SMILES string of the molecule is CCCCC[C@@H](CCC1=C2[C@H](CC1=O)Cc1c(C)cccc1[C@H]2O[Si](C)(C)C(C)(C)C)OCc1ccccc1. The molecule has 3 atom stereocenters. The van der Waals surface area contributed by atoms with E-state index in [-0.39, 0.29) is 23.2 Å². The van der Waals surface area contributed by atoms with Gasteiger partial charge >= 0.3 is 0 Å². The first-order valence-electron chi connectivity index (χ1n) is 15.2. The Hall–Kier alpha value is -2.01. The lowest BCUT2D eigenvalue weighted by Gasteiger charge is -2.43. The van der Waals surface area contributed by atoms with Gasteiger partial charge in [-0.1, -0.05) is 95.5 Å². The molecular formula is C35H50O3Si. The molecule has 0 spiro atoms. The number of hydrogen-bond acceptors (Lipinski definition) is 3. The minimum absolute atomic E-state index is 0.100. The number of fused-ring (bicyclic) bond motifs is 2. The fraction of sp³-hybridized carbons (Fsp3) is 0.571. The summed E-state index contributed by atoms with van der Waals surface area (Å²) in [5.74, 6) is 0.597. The summed E-state index contributed by atoms with van der Waals surface area (Å²) in [4.78, 5) is 13.6.